The predicted molar refractivity (Wildman–Crippen MR) is 162 cm³/mol. The van der Waals surface area contributed by atoms with Crippen molar-refractivity contribution in [1.29, 1.82) is 0 Å². The number of aryl methyl sites for hydroxylation is 1. The highest BCUT2D eigenvalue weighted by Gasteiger charge is 2.19. The van der Waals surface area contributed by atoms with Gasteiger partial charge in [-0.3, -0.25) is 14.6 Å². The lowest BCUT2D eigenvalue weighted by Gasteiger charge is -2.33. The number of anilines is 2. The molecule has 0 saturated carbocycles. The molecule has 0 bridgehead atoms. The first-order chi connectivity index (χ1) is 19.1. The largest absolute Gasteiger partial charge is 0.495 e. The van der Waals surface area contributed by atoms with Gasteiger partial charge in [0.1, 0.15) is 5.75 Å². The zero-order chi connectivity index (χ0) is 27.5. The molecule has 1 amide bonds. The Hall–Kier alpha value is -2.63. The normalized spacial score (nSPS) is 14.3. The fourth-order valence-electron chi connectivity index (χ4n) is 4.50. The molecule has 3 N–H and O–H groups in total. The van der Waals surface area contributed by atoms with Gasteiger partial charge >= 0.3 is 0 Å². The van der Waals surface area contributed by atoms with Gasteiger partial charge in [-0.05, 0) is 60.7 Å². The molecule has 3 aromatic rings. The lowest BCUT2D eigenvalue weighted by atomic mass is 10.1. The number of methoxy groups -OCH3 is 1. The van der Waals surface area contributed by atoms with Crippen molar-refractivity contribution in [3.8, 4) is 17.0 Å². The molecule has 2 aromatic carbocycles. The minimum absolute atomic E-state index is 0.0589. The van der Waals surface area contributed by atoms with Crippen molar-refractivity contribution in [2.45, 2.75) is 37.5 Å². The molecule has 0 unspecified atom stereocenters. The van der Waals surface area contributed by atoms with Crippen LogP contribution in [0.4, 0.5) is 10.8 Å². The summed E-state index contributed by atoms with van der Waals surface area (Å²) in [6.07, 6.45) is 4.86. The van der Waals surface area contributed by atoms with Crippen molar-refractivity contribution in [2.24, 2.45) is 0 Å². The third-order valence-electron chi connectivity index (χ3n) is 6.77. The fraction of sp³-hybridized carbons (Fsp3) is 0.448. The number of aliphatic hydroxyl groups is 1. The molecule has 0 aliphatic carbocycles. The monoisotopic (exact) mass is 569 g/mol. The SMILES string of the molecule is CCCCCc1ccc(SNc2cc(-c3csc(NC(=O)CN4CCN(CCO)CC4)n3)ccc2OC)cc1. The maximum atomic E-state index is 12.6. The summed E-state index contributed by atoms with van der Waals surface area (Å²) in [6.45, 7) is 6.80. The number of unbranched alkanes of at least 4 members (excludes halogenated alkanes) is 2. The second-order valence-corrected chi connectivity index (χ2v) is 11.4. The lowest BCUT2D eigenvalue weighted by Crippen LogP contribution is -2.49. The molecule has 0 spiro atoms. The van der Waals surface area contributed by atoms with Gasteiger partial charge in [-0.2, -0.15) is 0 Å². The number of benzene rings is 2. The van der Waals surface area contributed by atoms with E-state index in [1.165, 1.54) is 36.2 Å². The van der Waals surface area contributed by atoms with Crippen LogP contribution in [0.5, 0.6) is 5.75 Å². The summed E-state index contributed by atoms with van der Waals surface area (Å²) in [5.74, 6) is 0.696. The van der Waals surface area contributed by atoms with Crippen molar-refractivity contribution >= 4 is 40.0 Å². The van der Waals surface area contributed by atoms with E-state index in [1.807, 2.05) is 23.6 Å². The predicted octanol–water partition coefficient (Wildman–Crippen LogP) is 5.22. The second kappa shape index (κ2) is 15.2. The number of nitrogens with zero attached hydrogens (tertiary/aromatic N) is 3. The van der Waals surface area contributed by atoms with E-state index in [2.05, 4.69) is 56.0 Å². The van der Waals surface area contributed by atoms with Crippen LogP contribution in [0.25, 0.3) is 11.3 Å². The Kier molecular flexibility index (Phi) is 11.5. The van der Waals surface area contributed by atoms with Gasteiger partial charge in [-0.25, -0.2) is 4.98 Å². The molecule has 2 heterocycles. The zero-order valence-corrected chi connectivity index (χ0v) is 24.5. The first-order valence-electron chi connectivity index (χ1n) is 13.6. The van der Waals surface area contributed by atoms with Gasteiger partial charge in [0.25, 0.3) is 0 Å². The number of amides is 1. The van der Waals surface area contributed by atoms with E-state index in [-0.39, 0.29) is 12.5 Å². The molecule has 1 aromatic heterocycles. The van der Waals surface area contributed by atoms with Gasteiger partial charge in [-0.15, -0.1) is 11.3 Å². The summed E-state index contributed by atoms with van der Waals surface area (Å²) < 4.78 is 9.01. The van der Waals surface area contributed by atoms with E-state index in [9.17, 15) is 4.79 Å². The molecule has 210 valence electrons. The van der Waals surface area contributed by atoms with E-state index >= 15 is 0 Å². The summed E-state index contributed by atoms with van der Waals surface area (Å²) in [6, 6.07) is 14.7. The topological polar surface area (TPSA) is 90.0 Å². The Labute approximate surface area is 239 Å². The molecule has 39 heavy (non-hydrogen) atoms. The number of carbonyl (C=O) groups is 1. The van der Waals surface area contributed by atoms with Gasteiger partial charge in [0.15, 0.2) is 5.13 Å². The van der Waals surface area contributed by atoms with E-state index in [1.54, 1.807) is 19.1 Å². The van der Waals surface area contributed by atoms with Crippen LogP contribution >= 0.6 is 23.3 Å². The van der Waals surface area contributed by atoms with Crippen molar-refractivity contribution < 1.29 is 14.6 Å². The number of aromatic nitrogens is 1. The number of carbonyl (C=O) groups excluding carboxylic acids is 1. The molecular formula is C29H39N5O3S2. The minimum atomic E-state index is -0.0589. The fourth-order valence-corrected chi connectivity index (χ4v) is 5.90. The highest BCUT2D eigenvalue weighted by molar-refractivity contribution is 8.00. The number of hydrogen-bond acceptors (Lipinski definition) is 9. The summed E-state index contributed by atoms with van der Waals surface area (Å²) in [5, 5.41) is 14.6. The van der Waals surface area contributed by atoms with Crippen molar-refractivity contribution in [2.75, 3.05) is 63.0 Å². The van der Waals surface area contributed by atoms with E-state index in [4.69, 9.17) is 9.84 Å². The average molecular weight is 570 g/mol. The Balaban J connectivity index is 1.32. The maximum Gasteiger partial charge on any atom is 0.240 e. The Bertz CT molecular complexity index is 1180. The maximum absolute atomic E-state index is 12.6. The molecule has 1 fully saturated rings. The highest BCUT2D eigenvalue weighted by atomic mass is 32.2. The van der Waals surface area contributed by atoms with Crippen LogP contribution in [-0.2, 0) is 11.2 Å². The molecule has 1 aliphatic heterocycles. The van der Waals surface area contributed by atoms with E-state index in [0.717, 1.165) is 60.2 Å². The summed E-state index contributed by atoms with van der Waals surface area (Å²) in [7, 11) is 1.67. The summed E-state index contributed by atoms with van der Waals surface area (Å²) in [5.41, 5.74) is 3.99. The standard InChI is InChI=1S/C29H39N5O3S2/c1-3-4-5-6-22-7-10-24(11-8-22)39-32-25-19-23(9-12-27(25)37-2)26-21-38-29(30-26)31-28(36)20-34-15-13-33(14-16-34)17-18-35/h7-12,19,21,32,35H,3-6,13-18,20H2,1-2H3,(H,30,31,36). The third-order valence-corrected chi connectivity index (χ3v) is 8.35. The number of nitrogens with one attached hydrogen (secondary N) is 2. The molecule has 0 atom stereocenters. The first kappa shape index (κ1) is 29.4. The quantitative estimate of drug-likeness (QED) is 0.180. The number of hydrogen-bond donors (Lipinski definition) is 3. The van der Waals surface area contributed by atoms with Crippen LogP contribution in [-0.4, -0.2) is 78.8 Å². The number of rotatable bonds is 14. The Morgan fingerprint density at radius 3 is 2.59 bits per heavy atom. The van der Waals surface area contributed by atoms with Crippen LogP contribution in [0.2, 0.25) is 0 Å². The van der Waals surface area contributed by atoms with Crippen LogP contribution < -0.4 is 14.8 Å². The smallest absolute Gasteiger partial charge is 0.240 e. The second-order valence-electron chi connectivity index (χ2n) is 9.65. The van der Waals surface area contributed by atoms with E-state index < -0.39 is 0 Å². The van der Waals surface area contributed by atoms with Crippen molar-refractivity contribution in [3.63, 3.8) is 0 Å². The lowest BCUT2D eigenvalue weighted by molar-refractivity contribution is -0.117. The number of ether oxygens (including phenoxy) is 1. The number of piperazine rings is 1. The van der Waals surface area contributed by atoms with Crippen LogP contribution in [0.1, 0.15) is 31.7 Å². The Morgan fingerprint density at radius 1 is 1.10 bits per heavy atom. The van der Waals surface area contributed by atoms with Gasteiger partial charge in [0.2, 0.25) is 5.91 Å². The number of thiazole rings is 1. The number of aliphatic hydroxyl groups excluding tert-OH is 1. The van der Waals surface area contributed by atoms with Gasteiger partial charge < -0.3 is 19.9 Å². The molecule has 8 nitrogen and oxygen atoms in total. The van der Waals surface area contributed by atoms with Crippen molar-refractivity contribution in [3.05, 3.63) is 53.4 Å². The number of β-amino-alcohol motifs (C(OH)–C–C–N with tert-alkyl or cyclic N) is 1. The third kappa shape index (κ3) is 8.94. The zero-order valence-electron chi connectivity index (χ0n) is 22.8. The van der Waals surface area contributed by atoms with Crippen LogP contribution in [0.15, 0.2) is 52.7 Å². The van der Waals surface area contributed by atoms with Gasteiger partial charge in [-0.1, -0.05) is 31.9 Å². The Morgan fingerprint density at radius 2 is 1.87 bits per heavy atom. The average Bonchev–Trinajstić information content (AvgIpc) is 3.42. The van der Waals surface area contributed by atoms with Crippen LogP contribution in [0.3, 0.4) is 0 Å². The summed E-state index contributed by atoms with van der Waals surface area (Å²) >= 11 is 2.97. The van der Waals surface area contributed by atoms with Gasteiger partial charge in [0.05, 0.1) is 31.6 Å². The molecule has 10 heteroatoms. The van der Waals surface area contributed by atoms with Gasteiger partial charge in [0, 0.05) is 48.6 Å². The van der Waals surface area contributed by atoms with Crippen LogP contribution in [0, 0.1) is 0 Å². The van der Waals surface area contributed by atoms with E-state index in [0.29, 0.717) is 18.2 Å². The van der Waals surface area contributed by atoms with Crippen molar-refractivity contribution in [1.82, 2.24) is 14.8 Å². The minimum Gasteiger partial charge on any atom is -0.495 e. The molecule has 1 aliphatic rings. The first-order valence-corrected chi connectivity index (χ1v) is 15.3. The summed E-state index contributed by atoms with van der Waals surface area (Å²) in [4.78, 5) is 22.8. The molecular weight excluding hydrogens is 530 g/mol. The molecule has 1 saturated heterocycles. The highest BCUT2D eigenvalue weighted by Crippen LogP contribution is 2.35. The molecule has 0 radical (unpaired) electrons. The molecule has 4 rings (SSSR count).